The summed E-state index contributed by atoms with van der Waals surface area (Å²) in [6.07, 6.45) is 2.63. The van der Waals surface area contributed by atoms with Crippen molar-refractivity contribution in [2.75, 3.05) is 18.9 Å². The summed E-state index contributed by atoms with van der Waals surface area (Å²) in [6, 6.07) is 0.703. The van der Waals surface area contributed by atoms with Gasteiger partial charge >= 0.3 is 0 Å². The maximum Gasteiger partial charge on any atom is 0.0547 e. The highest BCUT2D eigenvalue weighted by molar-refractivity contribution is 7.99. The SMILES string of the molecule is CC(CO)SC[C@H]1CCCN1. The van der Waals surface area contributed by atoms with Crippen LogP contribution < -0.4 is 5.32 Å². The lowest BCUT2D eigenvalue weighted by molar-refractivity contribution is 0.300. The van der Waals surface area contributed by atoms with E-state index in [-0.39, 0.29) is 0 Å². The Bertz CT molecular complexity index is 104. The summed E-state index contributed by atoms with van der Waals surface area (Å²) in [6.45, 7) is 3.55. The predicted octanol–water partition coefficient (Wildman–Crippen LogP) is 0.852. The quantitative estimate of drug-likeness (QED) is 0.664. The van der Waals surface area contributed by atoms with E-state index < -0.39 is 0 Å². The molecule has 0 spiro atoms. The zero-order chi connectivity index (χ0) is 8.10. The van der Waals surface area contributed by atoms with Crippen LogP contribution in [0.25, 0.3) is 0 Å². The number of nitrogens with one attached hydrogen (secondary N) is 1. The van der Waals surface area contributed by atoms with Crippen molar-refractivity contribution >= 4 is 11.8 Å². The number of aliphatic hydroxyl groups excluding tert-OH is 1. The van der Waals surface area contributed by atoms with E-state index >= 15 is 0 Å². The van der Waals surface area contributed by atoms with Crippen LogP contribution >= 0.6 is 11.8 Å². The highest BCUT2D eigenvalue weighted by atomic mass is 32.2. The van der Waals surface area contributed by atoms with E-state index in [1.54, 1.807) is 0 Å². The van der Waals surface area contributed by atoms with Gasteiger partial charge in [0.1, 0.15) is 0 Å². The molecule has 1 unspecified atom stereocenters. The van der Waals surface area contributed by atoms with Crippen LogP contribution in [-0.4, -0.2) is 35.3 Å². The normalized spacial score (nSPS) is 27.3. The van der Waals surface area contributed by atoms with Crippen LogP contribution in [0.4, 0.5) is 0 Å². The average Bonchev–Trinajstić information content (AvgIpc) is 2.52. The summed E-state index contributed by atoms with van der Waals surface area (Å²) in [5, 5.41) is 12.6. The molecule has 0 aromatic heterocycles. The third-order valence-corrected chi connectivity index (χ3v) is 3.31. The lowest BCUT2D eigenvalue weighted by atomic mass is 10.3. The summed E-state index contributed by atoms with van der Waals surface area (Å²) in [4.78, 5) is 0. The molecule has 2 nitrogen and oxygen atoms in total. The first-order valence-corrected chi connectivity index (χ1v) is 5.33. The monoisotopic (exact) mass is 175 g/mol. The van der Waals surface area contributed by atoms with Crippen LogP contribution in [0.3, 0.4) is 0 Å². The van der Waals surface area contributed by atoms with Crippen molar-refractivity contribution in [1.29, 1.82) is 0 Å². The zero-order valence-electron chi connectivity index (χ0n) is 7.05. The van der Waals surface area contributed by atoms with Crippen LogP contribution in [0, 0.1) is 0 Å². The van der Waals surface area contributed by atoms with Crippen molar-refractivity contribution in [3.63, 3.8) is 0 Å². The van der Waals surface area contributed by atoms with E-state index in [9.17, 15) is 0 Å². The maximum absolute atomic E-state index is 8.77. The first kappa shape index (κ1) is 9.36. The Morgan fingerprint density at radius 3 is 3.09 bits per heavy atom. The molecule has 1 aliphatic rings. The second-order valence-electron chi connectivity index (χ2n) is 3.12. The summed E-state index contributed by atoms with van der Waals surface area (Å²) in [5.74, 6) is 1.15. The molecule has 66 valence electrons. The number of hydrogen-bond acceptors (Lipinski definition) is 3. The molecule has 0 aliphatic carbocycles. The molecule has 1 saturated heterocycles. The van der Waals surface area contributed by atoms with Crippen molar-refractivity contribution in [1.82, 2.24) is 5.32 Å². The first-order chi connectivity index (χ1) is 5.33. The molecule has 3 heteroatoms. The first-order valence-electron chi connectivity index (χ1n) is 4.28. The standard InChI is InChI=1S/C8H17NOS/c1-7(5-10)11-6-8-3-2-4-9-8/h7-10H,2-6H2,1H3/t7?,8-/m1/s1. The molecule has 0 bridgehead atoms. The molecule has 0 radical (unpaired) electrons. The van der Waals surface area contributed by atoms with Crippen LogP contribution in [0.2, 0.25) is 0 Å². The topological polar surface area (TPSA) is 32.3 Å². The third-order valence-electron chi connectivity index (χ3n) is 2.00. The van der Waals surface area contributed by atoms with Crippen molar-refractivity contribution in [3.05, 3.63) is 0 Å². The number of aliphatic hydroxyl groups is 1. The molecular weight excluding hydrogens is 158 g/mol. The second kappa shape index (κ2) is 5.01. The molecule has 0 saturated carbocycles. The van der Waals surface area contributed by atoms with Gasteiger partial charge in [-0.25, -0.2) is 0 Å². The molecule has 0 amide bonds. The minimum absolute atomic E-state index is 0.303. The molecule has 2 atom stereocenters. The van der Waals surface area contributed by atoms with E-state index in [1.807, 2.05) is 11.8 Å². The van der Waals surface area contributed by atoms with E-state index in [0.717, 1.165) is 5.75 Å². The van der Waals surface area contributed by atoms with Crippen molar-refractivity contribution in [2.45, 2.75) is 31.1 Å². The number of rotatable bonds is 4. The molecule has 1 aliphatic heterocycles. The van der Waals surface area contributed by atoms with Crippen molar-refractivity contribution in [3.8, 4) is 0 Å². The fourth-order valence-corrected chi connectivity index (χ4v) is 2.18. The summed E-state index contributed by atoms with van der Waals surface area (Å²) < 4.78 is 0. The van der Waals surface area contributed by atoms with Crippen LogP contribution in [0.15, 0.2) is 0 Å². The second-order valence-corrected chi connectivity index (χ2v) is 4.59. The molecule has 0 aromatic carbocycles. The maximum atomic E-state index is 8.77. The predicted molar refractivity (Wildman–Crippen MR) is 50.0 cm³/mol. The lowest BCUT2D eigenvalue weighted by Gasteiger charge is -2.12. The summed E-state index contributed by atoms with van der Waals surface area (Å²) in [5.41, 5.74) is 0. The van der Waals surface area contributed by atoms with Crippen LogP contribution in [0.1, 0.15) is 19.8 Å². The molecule has 11 heavy (non-hydrogen) atoms. The van der Waals surface area contributed by atoms with E-state index in [1.165, 1.54) is 19.4 Å². The Morgan fingerprint density at radius 2 is 2.55 bits per heavy atom. The highest BCUT2D eigenvalue weighted by Gasteiger charge is 2.14. The lowest BCUT2D eigenvalue weighted by Crippen LogP contribution is -2.24. The minimum atomic E-state index is 0.303. The van der Waals surface area contributed by atoms with E-state index in [4.69, 9.17) is 5.11 Å². The molecular formula is C8H17NOS. The fourth-order valence-electron chi connectivity index (χ4n) is 1.23. The Labute approximate surface area is 72.8 Å². The van der Waals surface area contributed by atoms with E-state index in [2.05, 4.69) is 12.2 Å². The molecule has 1 fully saturated rings. The van der Waals surface area contributed by atoms with Gasteiger partial charge in [0.25, 0.3) is 0 Å². The molecule has 1 heterocycles. The van der Waals surface area contributed by atoms with Gasteiger partial charge in [-0.3, -0.25) is 0 Å². The van der Waals surface area contributed by atoms with Gasteiger partial charge < -0.3 is 10.4 Å². The average molecular weight is 175 g/mol. The third kappa shape index (κ3) is 3.45. The van der Waals surface area contributed by atoms with Gasteiger partial charge in [0, 0.05) is 17.0 Å². The number of hydrogen-bond donors (Lipinski definition) is 2. The van der Waals surface area contributed by atoms with Crippen LogP contribution in [0.5, 0.6) is 0 Å². The van der Waals surface area contributed by atoms with Gasteiger partial charge in [-0.1, -0.05) is 6.92 Å². The van der Waals surface area contributed by atoms with Gasteiger partial charge in [0.15, 0.2) is 0 Å². The fraction of sp³-hybridized carbons (Fsp3) is 1.00. The highest BCUT2D eigenvalue weighted by Crippen LogP contribution is 2.15. The number of thioether (sulfide) groups is 1. The van der Waals surface area contributed by atoms with Gasteiger partial charge in [-0.2, -0.15) is 11.8 Å². The molecule has 2 N–H and O–H groups in total. The Balaban J connectivity index is 2.01. The van der Waals surface area contributed by atoms with Crippen LogP contribution in [-0.2, 0) is 0 Å². The van der Waals surface area contributed by atoms with Gasteiger partial charge in [-0.15, -0.1) is 0 Å². The minimum Gasteiger partial charge on any atom is -0.395 e. The Kier molecular flexibility index (Phi) is 4.26. The Morgan fingerprint density at radius 1 is 1.73 bits per heavy atom. The van der Waals surface area contributed by atoms with Crippen molar-refractivity contribution in [2.24, 2.45) is 0 Å². The summed E-state index contributed by atoms with van der Waals surface area (Å²) in [7, 11) is 0. The van der Waals surface area contributed by atoms with E-state index in [0.29, 0.717) is 17.9 Å². The zero-order valence-corrected chi connectivity index (χ0v) is 7.86. The van der Waals surface area contributed by atoms with Crippen molar-refractivity contribution < 1.29 is 5.11 Å². The van der Waals surface area contributed by atoms with Gasteiger partial charge in [-0.05, 0) is 19.4 Å². The smallest absolute Gasteiger partial charge is 0.0547 e. The Hall–Kier alpha value is 0.270. The van der Waals surface area contributed by atoms with Gasteiger partial charge in [0.2, 0.25) is 0 Å². The summed E-state index contributed by atoms with van der Waals surface area (Å²) >= 11 is 1.86. The largest absolute Gasteiger partial charge is 0.395 e. The molecule has 1 rings (SSSR count). The van der Waals surface area contributed by atoms with Gasteiger partial charge in [0.05, 0.1) is 6.61 Å². The molecule has 0 aromatic rings.